The molecule has 0 spiro atoms. The molecule has 0 saturated heterocycles. The fourth-order valence-corrected chi connectivity index (χ4v) is 1.50. The lowest BCUT2D eigenvalue weighted by Gasteiger charge is -2.05. The molecule has 18 heavy (non-hydrogen) atoms. The van der Waals surface area contributed by atoms with E-state index in [9.17, 15) is 4.79 Å². The molecule has 2 rings (SSSR count). The number of anilines is 1. The number of nitrogens with zero attached hydrogens (tertiary/aromatic N) is 2. The van der Waals surface area contributed by atoms with Crippen molar-refractivity contribution in [1.29, 1.82) is 0 Å². The molecule has 0 saturated carbocycles. The molecule has 0 aliphatic rings. The van der Waals surface area contributed by atoms with Gasteiger partial charge in [-0.05, 0) is 40.2 Å². The second-order valence-electron chi connectivity index (χ2n) is 3.41. The van der Waals surface area contributed by atoms with Crippen LogP contribution in [-0.4, -0.2) is 23.0 Å². The van der Waals surface area contributed by atoms with Gasteiger partial charge in [0.2, 0.25) is 0 Å². The third kappa shape index (κ3) is 3.04. The number of benzene rings is 1. The van der Waals surface area contributed by atoms with Gasteiger partial charge in [0, 0.05) is 5.69 Å². The topological polar surface area (TPSA) is 64.1 Å². The molecule has 6 heteroatoms. The third-order valence-corrected chi connectivity index (χ3v) is 2.61. The van der Waals surface area contributed by atoms with Crippen molar-refractivity contribution in [2.24, 2.45) is 0 Å². The number of halogens is 1. The van der Waals surface area contributed by atoms with Crippen molar-refractivity contribution in [1.82, 2.24) is 9.97 Å². The first-order chi connectivity index (χ1) is 8.69. The monoisotopic (exact) mass is 307 g/mol. The van der Waals surface area contributed by atoms with Crippen LogP contribution in [0.4, 0.5) is 5.69 Å². The molecule has 0 aliphatic carbocycles. The Hall–Kier alpha value is -1.95. The van der Waals surface area contributed by atoms with Crippen molar-refractivity contribution in [3.8, 4) is 5.75 Å². The van der Waals surface area contributed by atoms with Gasteiger partial charge in [-0.3, -0.25) is 4.79 Å². The standard InChI is InChI=1S/C12H10BrN3O2/c1-18-9-4-2-8(3-5-9)16-12(17)10-6-15-11(13)7-14-10/h2-7H,1H3,(H,16,17). The predicted octanol–water partition coefficient (Wildman–Crippen LogP) is 2.50. The molecular weight excluding hydrogens is 298 g/mol. The van der Waals surface area contributed by atoms with E-state index in [1.807, 2.05) is 0 Å². The van der Waals surface area contributed by atoms with Gasteiger partial charge >= 0.3 is 0 Å². The van der Waals surface area contributed by atoms with Gasteiger partial charge < -0.3 is 10.1 Å². The molecule has 0 unspecified atom stereocenters. The number of amides is 1. The summed E-state index contributed by atoms with van der Waals surface area (Å²) in [5.74, 6) is 0.427. The van der Waals surface area contributed by atoms with Crippen molar-refractivity contribution in [3.63, 3.8) is 0 Å². The van der Waals surface area contributed by atoms with E-state index in [1.165, 1.54) is 12.4 Å². The highest BCUT2D eigenvalue weighted by molar-refractivity contribution is 9.10. The molecule has 2 aromatic rings. The highest BCUT2D eigenvalue weighted by atomic mass is 79.9. The Labute approximate surface area is 112 Å². The number of hydrogen-bond acceptors (Lipinski definition) is 4. The van der Waals surface area contributed by atoms with Gasteiger partial charge in [0.05, 0.1) is 19.5 Å². The molecule has 1 N–H and O–H groups in total. The van der Waals surface area contributed by atoms with E-state index in [-0.39, 0.29) is 11.6 Å². The van der Waals surface area contributed by atoms with Crippen LogP contribution in [0.15, 0.2) is 41.3 Å². The Morgan fingerprint density at radius 1 is 1.22 bits per heavy atom. The van der Waals surface area contributed by atoms with Crippen LogP contribution in [0.1, 0.15) is 10.5 Å². The van der Waals surface area contributed by atoms with E-state index in [0.29, 0.717) is 10.3 Å². The molecule has 5 nitrogen and oxygen atoms in total. The van der Waals surface area contributed by atoms with Gasteiger partial charge in [-0.25, -0.2) is 9.97 Å². The van der Waals surface area contributed by atoms with E-state index in [4.69, 9.17) is 4.74 Å². The van der Waals surface area contributed by atoms with Gasteiger partial charge in [0.15, 0.2) is 0 Å². The van der Waals surface area contributed by atoms with Crippen LogP contribution in [0.25, 0.3) is 0 Å². The lowest BCUT2D eigenvalue weighted by molar-refractivity contribution is 0.102. The zero-order valence-electron chi connectivity index (χ0n) is 9.55. The SMILES string of the molecule is COc1ccc(NC(=O)c2cnc(Br)cn2)cc1. The summed E-state index contributed by atoms with van der Waals surface area (Å²) < 4.78 is 5.62. The summed E-state index contributed by atoms with van der Waals surface area (Å²) in [7, 11) is 1.59. The highest BCUT2D eigenvalue weighted by Gasteiger charge is 2.07. The van der Waals surface area contributed by atoms with Crippen LogP contribution in [0.2, 0.25) is 0 Å². The molecule has 1 aromatic carbocycles. The molecule has 1 amide bonds. The first-order valence-corrected chi connectivity index (χ1v) is 5.91. The van der Waals surface area contributed by atoms with E-state index >= 15 is 0 Å². The Balaban J connectivity index is 2.08. The second-order valence-corrected chi connectivity index (χ2v) is 4.22. The first kappa shape index (κ1) is 12.5. The number of methoxy groups -OCH3 is 1. The smallest absolute Gasteiger partial charge is 0.275 e. The summed E-state index contributed by atoms with van der Waals surface area (Å²) >= 11 is 3.16. The molecule has 92 valence electrons. The van der Waals surface area contributed by atoms with Crippen LogP contribution in [-0.2, 0) is 0 Å². The molecular formula is C12H10BrN3O2. The quantitative estimate of drug-likeness (QED) is 0.946. The first-order valence-electron chi connectivity index (χ1n) is 5.12. The van der Waals surface area contributed by atoms with Gasteiger partial charge in [-0.15, -0.1) is 0 Å². The van der Waals surface area contributed by atoms with E-state index < -0.39 is 0 Å². The van der Waals surface area contributed by atoms with Gasteiger partial charge in [0.1, 0.15) is 16.0 Å². The molecule has 0 atom stereocenters. The van der Waals surface area contributed by atoms with Crippen LogP contribution >= 0.6 is 15.9 Å². The summed E-state index contributed by atoms with van der Waals surface area (Å²) in [5.41, 5.74) is 0.930. The van der Waals surface area contributed by atoms with Crippen molar-refractivity contribution >= 4 is 27.5 Å². The van der Waals surface area contributed by atoms with Crippen molar-refractivity contribution in [2.45, 2.75) is 0 Å². The fourth-order valence-electron chi connectivity index (χ4n) is 1.30. The minimum absolute atomic E-state index is 0.258. The highest BCUT2D eigenvalue weighted by Crippen LogP contribution is 2.15. The Bertz CT molecular complexity index is 540. The van der Waals surface area contributed by atoms with Crippen LogP contribution < -0.4 is 10.1 Å². The Morgan fingerprint density at radius 2 is 1.94 bits per heavy atom. The molecule has 0 radical (unpaired) electrons. The van der Waals surface area contributed by atoms with Crippen LogP contribution in [0.3, 0.4) is 0 Å². The second kappa shape index (κ2) is 5.59. The largest absolute Gasteiger partial charge is 0.497 e. The lowest BCUT2D eigenvalue weighted by Crippen LogP contribution is -2.13. The van der Waals surface area contributed by atoms with Crippen molar-refractivity contribution in [2.75, 3.05) is 12.4 Å². The predicted molar refractivity (Wildman–Crippen MR) is 70.7 cm³/mol. The zero-order valence-corrected chi connectivity index (χ0v) is 11.1. The fraction of sp³-hybridized carbons (Fsp3) is 0.0833. The lowest BCUT2D eigenvalue weighted by atomic mass is 10.3. The molecule has 1 aromatic heterocycles. The van der Waals surface area contributed by atoms with E-state index in [2.05, 4.69) is 31.2 Å². The number of carbonyl (C=O) groups is 1. The van der Waals surface area contributed by atoms with Gasteiger partial charge in [-0.2, -0.15) is 0 Å². The minimum Gasteiger partial charge on any atom is -0.497 e. The zero-order chi connectivity index (χ0) is 13.0. The number of rotatable bonds is 3. The van der Waals surface area contributed by atoms with E-state index in [0.717, 1.165) is 5.75 Å². The summed E-state index contributed by atoms with van der Waals surface area (Å²) in [5, 5.41) is 2.72. The van der Waals surface area contributed by atoms with Crippen molar-refractivity contribution in [3.05, 3.63) is 47.0 Å². The average molecular weight is 308 g/mol. The molecule has 0 aliphatic heterocycles. The van der Waals surface area contributed by atoms with Gasteiger partial charge in [-0.1, -0.05) is 0 Å². The Morgan fingerprint density at radius 3 is 2.50 bits per heavy atom. The van der Waals surface area contributed by atoms with Crippen LogP contribution in [0.5, 0.6) is 5.75 Å². The number of hydrogen-bond donors (Lipinski definition) is 1. The summed E-state index contributed by atoms with van der Waals surface area (Å²) in [6.07, 6.45) is 2.88. The van der Waals surface area contributed by atoms with Crippen molar-refractivity contribution < 1.29 is 9.53 Å². The minimum atomic E-state index is -0.305. The summed E-state index contributed by atoms with van der Waals surface area (Å²) in [6, 6.07) is 7.04. The van der Waals surface area contributed by atoms with Gasteiger partial charge in [0.25, 0.3) is 5.91 Å². The molecule has 0 bridgehead atoms. The molecule has 1 heterocycles. The van der Waals surface area contributed by atoms with Crippen LogP contribution in [0, 0.1) is 0 Å². The normalized spacial score (nSPS) is 9.89. The maximum absolute atomic E-state index is 11.8. The summed E-state index contributed by atoms with van der Waals surface area (Å²) in [6.45, 7) is 0. The third-order valence-electron chi connectivity index (χ3n) is 2.20. The number of carbonyl (C=O) groups excluding carboxylic acids is 1. The summed E-state index contributed by atoms with van der Waals surface area (Å²) in [4.78, 5) is 19.7. The molecule has 0 fully saturated rings. The maximum atomic E-state index is 11.8. The maximum Gasteiger partial charge on any atom is 0.275 e. The van der Waals surface area contributed by atoms with E-state index in [1.54, 1.807) is 31.4 Å². The average Bonchev–Trinajstić information content (AvgIpc) is 2.40. The number of nitrogens with one attached hydrogen (secondary N) is 1. The number of ether oxygens (including phenoxy) is 1. The Kier molecular flexibility index (Phi) is 3.88. The number of aromatic nitrogens is 2.